The molecule has 1 aromatic carbocycles. The Bertz CT molecular complexity index is 312. The summed E-state index contributed by atoms with van der Waals surface area (Å²) in [4.78, 5) is 0. The highest BCUT2D eigenvalue weighted by atomic mass is 16.5. The molecule has 0 aliphatic rings. The standard InChI is InChI=1S/C12H18N2O2/c13-12(14-15)8-4-5-9-16-10-11-6-2-1-3-7-11/h1-3,6-7,15H,4-5,8-10H2,(H2,13,14). The summed E-state index contributed by atoms with van der Waals surface area (Å²) in [6, 6.07) is 10.1. The highest BCUT2D eigenvalue weighted by molar-refractivity contribution is 5.79. The van der Waals surface area contributed by atoms with Crippen molar-refractivity contribution in [3.8, 4) is 0 Å². The van der Waals surface area contributed by atoms with E-state index in [1.807, 2.05) is 30.3 Å². The minimum Gasteiger partial charge on any atom is -0.409 e. The van der Waals surface area contributed by atoms with Crippen molar-refractivity contribution in [3.05, 3.63) is 35.9 Å². The third-order valence-corrected chi connectivity index (χ3v) is 2.21. The fourth-order valence-corrected chi connectivity index (χ4v) is 1.32. The zero-order valence-corrected chi connectivity index (χ0v) is 9.30. The van der Waals surface area contributed by atoms with Gasteiger partial charge in [0.1, 0.15) is 5.84 Å². The predicted molar refractivity (Wildman–Crippen MR) is 63.4 cm³/mol. The van der Waals surface area contributed by atoms with Crippen molar-refractivity contribution in [2.24, 2.45) is 10.9 Å². The average Bonchev–Trinajstić information content (AvgIpc) is 2.34. The smallest absolute Gasteiger partial charge is 0.139 e. The van der Waals surface area contributed by atoms with Crippen molar-refractivity contribution in [1.82, 2.24) is 0 Å². The maximum absolute atomic E-state index is 8.32. The largest absolute Gasteiger partial charge is 0.409 e. The van der Waals surface area contributed by atoms with Gasteiger partial charge in [-0.25, -0.2) is 0 Å². The Morgan fingerprint density at radius 2 is 2.00 bits per heavy atom. The summed E-state index contributed by atoms with van der Waals surface area (Å²) >= 11 is 0. The van der Waals surface area contributed by atoms with Crippen molar-refractivity contribution >= 4 is 5.84 Å². The lowest BCUT2D eigenvalue weighted by molar-refractivity contribution is 0.117. The lowest BCUT2D eigenvalue weighted by Gasteiger charge is -2.03. The van der Waals surface area contributed by atoms with Gasteiger partial charge in [-0.3, -0.25) is 0 Å². The van der Waals surface area contributed by atoms with Gasteiger partial charge in [-0.1, -0.05) is 35.5 Å². The van der Waals surface area contributed by atoms with Crippen LogP contribution in [0.25, 0.3) is 0 Å². The van der Waals surface area contributed by atoms with Gasteiger partial charge in [0.25, 0.3) is 0 Å². The lowest BCUT2D eigenvalue weighted by Crippen LogP contribution is -2.11. The summed E-state index contributed by atoms with van der Waals surface area (Å²) in [5.74, 6) is 0.281. The Labute approximate surface area is 95.7 Å². The van der Waals surface area contributed by atoms with Crippen molar-refractivity contribution in [1.29, 1.82) is 0 Å². The van der Waals surface area contributed by atoms with Crippen LogP contribution in [0, 0.1) is 0 Å². The molecule has 0 aliphatic carbocycles. The molecule has 16 heavy (non-hydrogen) atoms. The van der Waals surface area contributed by atoms with Crippen LogP contribution >= 0.6 is 0 Å². The van der Waals surface area contributed by atoms with Crippen LogP contribution in [-0.4, -0.2) is 17.6 Å². The van der Waals surface area contributed by atoms with Crippen molar-refractivity contribution in [2.45, 2.75) is 25.9 Å². The number of rotatable bonds is 7. The average molecular weight is 222 g/mol. The molecule has 0 spiro atoms. The summed E-state index contributed by atoms with van der Waals surface area (Å²) in [5, 5.41) is 11.2. The second-order valence-electron chi connectivity index (χ2n) is 3.59. The Hall–Kier alpha value is -1.55. The fourth-order valence-electron chi connectivity index (χ4n) is 1.32. The van der Waals surface area contributed by atoms with E-state index >= 15 is 0 Å². The SMILES string of the molecule is NC(CCCCOCc1ccccc1)=NO. The third kappa shape index (κ3) is 5.36. The van der Waals surface area contributed by atoms with E-state index in [-0.39, 0.29) is 5.84 Å². The quantitative estimate of drug-likeness (QED) is 0.244. The Morgan fingerprint density at radius 3 is 2.69 bits per heavy atom. The van der Waals surface area contributed by atoms with Gasteiger partial charge in [0.05, 0.1) is 6.61 Å². The summed E-state index contributed by atoms with van der Waals surface area (Å²) in [7, 11) is 0. The van der Waals surface area contributed by atoms with E-state index in [2.05, 4.69) is 5.16 Å². The van der Waals surface area contributed by atoms with Crippen molar-refractivity contribution < 1.29 is 9.94 Å². The van der Waals surface area contributed by atoms with Gasteiger partial charge in [-0.2, -0.15) is 0 Å². The Balaban J connectivity index is 2.01. The van der Waals surface area contributed by atoms with E-state index in [1.165, 1.54) is 5.56 Å². The Kier molecular flexibility index (Phi) is 6.03. The highest BCUT2D eigenvalue weighted by Crippen LogP contribution is 2.02. The maximum atomic E-state index is 8.32. The molecule has 0 fully saturated rings. The minimum atomic E-state index is 0.281. The fraction of sp³-hybridized carbons (Fsp3) is 0.417. The molecule has 0 heterocycles. The van der Waals surface area contributed by atoms with E-state index in [0.29, 0.717) is 19.6 Å². The molecule has 0 aliphatic heterocycles. The molecule has 0 aromatic heterocycles. The predicted octanol–water partition coefficient (Wildman–Crippen LogP) is 2.12. The van der Waals surface area contributed by atoms with Gasteiger partial charge in [0, 0.05) is 13.0 Å². The monoisotopic (exact) mass is 222 g/mol. The van der Waals surface area contributed by atoms with E-state index < -0.39 is 0 Å². The zero-order valence-electron chi connectivity index (χ0n) is 9.30. The number of nitrogens with two attached hydrogens (primary N) is 1. The van der Waals surface area contributed by atoms with Crippen LogP contribution < -0.4 is 5.73 Å². The van der Waals surface area contributed by atoms with Gasteiger partial charge in [-0.05, 0) is 18.4 Å². The molecule has 1 aromatic rings. The van der Waals surface area contributed by atoms with Gasteiger partial charge < -0.3 is 15.7 Å². The third-order valence-electron chi connectivity index (χ3n) is 2.21. The summed E-state index contributed by atoms with van der Waals surface area (Å²) in [5.41, 5.74) is 6.52. The second kappa shape index (κ2) is 7.70. The van der Waals surface area contributed by atoms with Crippen LogP contribution in [-0.2, 0) is 11.3 Å². The Morgan fingerprint density at radius 1 is 1.25 bits per heavy atom. The highest BCUT2D eigenvalue weighted by Gasteiger charge is 1.95. The van der Waals surface area contributed by atoms with Gasteiger partial charge in [-0.15, -0.1) is 0 Å². The second-order valence-corrected chi connectivity index (χ2v) is 3.59. The molecule has 0 bridgehead atoms. The molecular formula is C12H18N2O2. The molecule has 88 valence electrons. The molecule has 0 amide bonds. The molecule has 3 N–H and O–H groups in total. The first kappa shape index (κ1) is 12.5. The molecule has 1 rings (SSSR count). The van der Waals surface area contributed by atoms with Crippen molar-refractivity contribution in [2.75, 3.05) is 6.61 Å². The van der Waals surface area contributed by atoms with Gasteiger partial charge in [0.15, 0.2) is 0 Å². The number of nitrogens with zero attached hydrogens (tertiary/aromatic N) is 1. The number of benzene rings is 1. The van der Waals surface area contributed by atoms with Crippen LogP contribution in [0.1, 0.15) is 24.8 Å². The van der Waals surface area contributed by atoms with E-state index in [4.69, 9.17) is 15.7 Å². The van der Waals surface area contributed by atoms with Crippen LogP contribution in [0.4, 0.5) is 0 Å². The van der Waals surface area contributed by atoms with Gasteiger partial charge in [0.2, 0.25) is 0 Å². The summed E-state index contributed by atoms with van der Waals surface area (Å²) < 4.78 is 5.49. The van der Waals surface area contributed by atoms with Crippen molar-refractivity contribution in [3.63, 3.8) is 0 Å². The lowest BCUT2D eigenvalue weighted by atomic mass is 10.2. The summed E-state index contributed by atoms with van der Waals surface area (Å²) in [6.45, 7) is 1.35. The molecule has 0 saturated carbocycles. The number of hydrogen-bond acceptors (Lipinski definition) is 3. The van der Waals surface area contributed by atoms with Crippen LogP contribution in [0.15, 0.2) is 35.5 Å². The molecule has 4 heteroatoms. The molecule has 0 atom stereocenters. The number of ether oxygens (including phenoxy) is 1. The normalized spacial score (nSPS) is 11.6. The van der Waals surface area contributed by atoms with Gasteiger partial charge >= 0.3 is 0 Å². The zero-order chi connectivity index (χ0) is 11.6. The number of oxime groups is 1. The van der Waals surface area contributed by atoms with Crippen LogP contribution in [0.2, 0.25) is 0 Å². The van der Waals surface area contributed by atoms with Crippen LogP contribution in [0.5, 0.6) is 0 Å². The topological polar surface area (TPSA) is 67.8 Å². The first-order chi connectivity index (χ1) is 7.83. The van der Waals surface area contributed by atoms with E-state index in [1.54, 1.807) is 0 Å². The number of unbranched alkanes of at least 4 members (excludes halogenated alkanes) is 1. The molecule has 0 unspecified atom stereocenters. The minimum absolute atomic E-state index is 0.281. The first-order valence-electron chi connectivity index (χ1n) is 5.41. The first-order valence-corrected chi connectivity index (χ1v) is 5.41. The number of hydrogen-bond donors (Lipinski definition) is 2. The molecule has 4 nitrogen and oxygen atoms in total. The number of amidine groups is 1. The van der Waals surface area contributed by atoms with Crippen LogP contribution in [0.3, 0.4) is 0 Å². The molecule has 0 saturated heterocycles. The summed E-state index contributed by atoms with van der Waals surface area (Å²) in [6.07, 6.45) is 2.42. The van der Waals surface area contributed by atoms with E-state index in [9.17, 15) is 0 Å². The molecular weight excluding hydrogens is 204 g/mol. The van der Waals surface area contributed by atoms with E-state index in [0.717, 1.165) is 12.8 Å². The molecule has 0 radical (unpaired) electrons. The maximum Gasteiger partial charge on any atom is 0.139 e.